The minimum Gasteiger partial charge on any atom is -0.340 e. The zero-order valence-corrected chi connectivity index (χ0v) is 11.7. The van der Waals surface area contributed by atoms with E-state index in [2.05, 4.69) is 10.3 Å². The molecule has 2 atom stereocenters. The van der Waals surface area contributed by atoms with Crippen molar-refractivity contribution in [3.8, 4) is 0 Å². The average molecular weight is 284 g/mol. The fourth-order valence-electron chi connectivity index (χ4n) is 3.14. The molecule has 2 heterocycles. The highest BCUT2D eigenvalue weighted by Gasteiger charge is 2.60. The Morgan fingerprint density at radius 2 is 2.28 bits per heavy atom. The normalized spacial score (nSPS) is 29.1. The molecule has 1 aromatic heterocycles. The molecule has 2 aromatic rings. The van der Waals surface area contributed by atoms with Crippen LogP contribution in [-0.4, -0.2) is 16.5 Å². The van der Waals surface area contributed by atoms with E-state index in [-0.39, 0.29) is 17.9 Å². The largest absolute Gasteiger partial charge is 0.340 e. The number of hydrogen-bond donors (Lipinski definition) is 2. The predicted octanol–water partition coefficient (Wildman–Crippen LogP) is 3.16. The molecule has 1 saturated carbocycles. The van der Waals surface area contributed by atoms with Crippen molar-refractivity contribution in [1.29, 1.82) is 0 Å². The summed E-state index contributed by atoms with van der Waals surface area (Å²) < 4.78 is 0. The fraction of sp³-hybridized carbons (Fsp3) is 0.462. The number of aromatic amines is 1. The first-order valence-electron chi connectivity index (χ1n) is 6.11. The van der Waals surface area contributed by atoms with Gasteiger partial charge in [-0.15, -0.1) is 12.4 Å². The van der Waals surface area contributed by atoms with E-state index in [1.807, 2.05) is 19.1 Å². The van der Waals surface area contributed by atoms with Crippen molar-refractivity contribution in [2.75, 3.05) is 6.54 Å². The summed E-state index contributed by atoms with van der Waals surface area (Å²) in [5.41, 5.74) is 3.35. The standard InChI is InChI=1S/C13H14ClN3.ClH/c1-7-9(14)2-3-10-11(7)17-12(16-10)13-6-8(13)4-5-15-13;/h2-3,8,15H,4-6H2,1H3,(H,16,17);1H/t8-,13+;/m1./s1. The lowest BCUT2D eigenvalue weighted by Gasteiger charge is -2.09. The molecule has 2 fully saturated rings. The van der Waals surface area contributed by atoms with Crippen LogP contribution in [0, 0.1) is 12.8 Å². The number of nitrogens with zero attached hydrogens (tertiary/aromatic N) is 1. The van der Waals surface area contributed by atoms with E-state index in [9.17, 15) is 0 Å². The fourth-order valence-corrected chi connectivity index (χ4v) is 3.30. The lowest BCUT2D eigenvalue weighted by Crippen LogP contribution is -2.26. The van der Waals surface area contributed by atoms with Crippen molar-refractivity contribution in [2.45, 2.75) is 25.3 Å². The van der Waals surface area contributed by atoms with Gasteiger partial charge in [0.25, 0.3) is 0 Å². The number of aromatic nitrogens is 2. The molecule has 0 amide bonds. The number of benzene rings is 1. The van der Waals surface area contributed by atoms with Crippen LogP contribution in [0.15, 0.2) is 12.1 Å². The van der Waals surface area contributed by atoms with E-state index in [4.69, 9.17) is 16.6 Å². The van der Waals surface area contributed by atoms with Gasteiger partial charge in [-0.3, -0.25) is 0 Å². The Kier molecular flexibility index (Phi) is 2.63. The highest BCUT2D eigenvalue weighted by molar-refractivity contribution is 6.32. The smallest absolute Gasteiger partial charge is 0.127 e. The van der Waals surface area contributed by atoms with E-state index in [0.29, 0.717) is 0 Å². The molecular formula is C13H15Cl2N3. The Morgan fingerprint density at radius 3 is 2.94 bits per heavy atom. The SMILES string of the molecule is Cc1c(Cl)ccc2nc([C@]34C[C@H]3CCN4)[nH]c12.Cl. The molecule has 18 heavy (non-hydrogen) atoms. The Hall–Kier alpha value is -0.770. The summed E-state index contributed by atoms with van der Waals surface area (Å²) in [5.74, 6) is 1.87. The van der Waals surface area contributed by atoms with Crippen LogP contribution in [0.4, 0.5) is 0 Å². The van der Waals surface area contributed by atoms with Crippen molar-refractivity contribution < 1.29 is 0 Å². The van der Waals surface area contributed by atoms with Gasteiger partial charge in [0.05, 0.1) is 16.6 Å². The molecule has 0 unspecified atom stereocenters. The minimum atomic E-state index is 0. The number of piperidine rings is 1. The van der Waals surface area contributed by atoms with Gasteiger partial charge in [0.1, 0.15) is 5.82 Å². The topological polar surface area (TPSA) is 40.7 Å². The first-order valence-corrected chi connectivity index (χ1v) is 6.49. The van der Waals surface area contributed by atoms with Gasteiger partial charge >= 0.3 is 0 Å². The highest BCUT2D eigenvalue weighted by atomic mass is 35.5. The molecule has 2 N–H and O–H groups in total. The summed E-state index contributed by atoms with van der Waals surface area (Å²) in [5, 5.41) is 4.39. The van der Waals surface area contributed by atoms with E-state index in [0.717, 1.165) is 39.9 Å². The molecule has 5 heteroatoms. The zero-order valence-electron chi connectivity index (χ0n) is 10.1. The molecular weight excluding hydrogens is 269 g/mol. The molecule has 0 radical (unpaired) electrons. The van der Waals surface area contributed by atoms with Gasteiger partial charge in [0.2, 0.25) is 0 Å². The van der Waals surface area contributed by atoms with Gasteiger partial charge in [-0.1, -0.05) is 11.6 Å². The molecule has 96 valence electrons. The lowest BCUT2D eigenvalue weighted by molar-refractivity contribution is 0.551. The highest BCUT2D eigenvalue weighted by Crippen LogP contribution is 2.56. The summed E-state index contributed by atoms with van der Waals surface area (Å²) in [6, 6.07) is 3.92. The Labute approximate surface area is 117 Å². The van der Waals surface area contributed by atoms with Crippen molar-refractivity contribution in [3.05, 3.63) is 28.5 Å². The van der Waals surface area contributed by atoms with E-state index in [1.54, 1.807) is 0 Å². The summed E-state index contributed by atoms with van der Waals surface area (Å²) >= 11 is 6.14. The summed E-state index contributed by atoms with van der Waals surface area (Å²) in [4.78, 5) is 8.20. The third-order valence-corrected chi connectivity index (χ3v) is 4.72. The van der Waals surface area contributed by atoms with Crippen LogP contribution in [-0.2, 0) is 5.54 Å². The summed E-state index contributed by atoms with van der Waals surface area (Å²) in [6.45, 7) is 3.15. The van der Waals surface area contributed by atoms with Gasteiger partial charge in [0.15, 0.2) is 0 Å². The zero-order chi connectivity index (χ0) is 11.6. The summed E-state index contributed by atoms with van der Waals surface area (Å²) in [6.07, 6.45) is 2.50. The number of hydrogen-bond acceptors (Lipinski definition) is 2. The van der Waals surface area contributed by atoms with E-state index >= 15 is 0 Å². The molecule has 0 spiro atoms. The van der Waals surface area contributed by atoms with Gasteiger partial charge in [-0.05, 0) is 49.9 Å². The van der Waals surface area contributed by atoms with Crippen LogP contribution in [0.25, 0.3) is 11.0 Å². The second kappa shape index (κ2) is 3.86. The first-order chi connectivity index (χ1) is 8.21. The van der Waals surface area contributed by atoms with Crippen LogP contribution < -0.4 is 5.32 Å². The predicted molar refractivity (Wildman–Crippen MR) is 75.5 cm³/mol. The third kappa shape index (κ3) is 1.44. The second-order valence-electron chi connectivity index (χ2n) is 5.24. The van der Waals surface area contributed by atoms with Crippen molar-refractivity contribution >= 4 is 35.0 Å². The number of imidazole rings is 1. The van der Waals surface area contributed by atoms with Crippen molar-refractivity contribution in [1.82, 2.24) is 15.3 Å². The molecule has 3 nitrogen and oxygen atoms in total. The number of nitrogens with one attached hydrogen (secondary N) is 2. The number of rotatable bonds is 1. The van der Waals surface area contributed by atoms with Crippen molar-refractivity contribution in [2.24, 2.45) is 5.92 Å². The third-order valence-electron chi connectivity index (χ3n) is 4.31. The monoisotopic (exact) mass is 283 g/mol. The Morgan fingerprint density at radius 1 is 1.44 bits per heavy atom. The number of H-pyrrole nitrogens is 1. The van der Waals surface area contributed by atoms with Crippen LogP contribution >= 0.6 is 24.0 Å². The van der Waals surface area contributed by atoms with Gasteiger partial charge < -0.3 is 10.3 Å². The molecule has 1 saturated heterocycles. The summed E-state index contributed by atoms with van der Waals surface area (Å²) in [7, 11) is 0. The molecule has 4 rings (SSSR count). The number of halogens is 2. The minimum absolute atomic E-state index is 0. The lowest BCUT2D eigenvalue weighted by atomic mass is 10.2. The second-order valence-corrected chi connectivity index (χ2v) is 5.65. The van der Waals surface area contributed by atoms with Crippen LogP contribution in [0.3, 0.4) is 0 Å². The molecule has 1 aliphatic heterocycles. The van der Waals surface area contributed by atoms with E-state index in [1.165, 1.54) is 12.8 Å². The van der Waals surface area contributed by atoms with Gasteiger partial charge in [-0.25, -0.2) is 4.98 Å². The maximum absolute atomic E-state index is 6.14. The molecule has 1 aromatic carbocycles. The Bertz CT molecular complexity index is 622. The number of fused-ring (bicyclic) bond motifs is 2. The maximum Gasteiger partial charge on any atom is 0.127 e. The molecule has 1 aliphatic carbocycles. The van der Waals surface area contributed by atoms with Gasteiger partial charge in [-0.2, -0.15) is 0 Å². The molecule has 0 bridgehead atoms. The molecule has 2 aliphatic rings. The maximum atomic E-state index is 6.14. The number of aryl methyl sites for hydroxylation is 1. The average Bonchev–Trinajstić information content (AvgIpc) is 2.75. The first kappa shape index (κ1) is 12.3. The van der Waals surface area contributed by atoms with Crippen LogP contribution in [0.1, 0.15) is 24.2 Å². The van der Waals surface area contributed by atoms with E-state index < -0.39 is 0 Å². The Balaban J connectivity index is 0.000001000. The quantitative estimate of drug-likeness (QED) is 0.844. The van der Waals surface area contributed by atoms with Crippen LogP contribution in [0.2, 0.25) is 5.02 Å². The van der Waals surface area contributed by atoms with Gasteiger partial charge in [0, 0.05) is 5.02 Å². The van der Waals surface area contributed by atoms with Crippen LogP contribution in [0.5, 0.6) is 0 Å². The van der Waals surface area contributed by atoms with Crippen molar-refractivity contribution in [3.63, 3.8) is 0 Å².